The average Bonchev–Trinajstić information content (AvgIpc) is 3.25. The number of piperidine rings is 2. The molecular formula is C46H70FN5O5S2. The molecule has 10 nitrogen and oxygen atoms in total. The zero-order chi connectivity index (χ0) is 41.6. The molecule has 0 radical (unpaired) electrons. The fourth-order valence-electron chi connectivity index (χ4n) is 9.42. The van der Waals surface area contributed by atoms with Crippen molar-refractivity contribution in [2.24, 2.45) is 0 Å². The van der Waals surface area contributed by atoms with Crippen LogP contribution in [0, 0.1) is 5.82 Å². The van der Waals surface area contributed by atoms with Gasteiger partial charge < -0.3 is 19.6 Å². The van der Waals surface area contributed by atoms with Crippen LogP contribution in [0.5, 0.6) is 5.75 Å². The van der Waals surface area contributed by atoms with Gasteiger partial charge in [-0.2, -0.15) is 0 Å². The van der Waals surface area contributed by atoms with Gasteiger partial charge in [-0.1, -0.05) is 77.6 Å². The van der Waals surface area contributed by atoms with Gasteiger partial charge in [0.1, 0.15) is 4.90 Å². The molecule has 4 heterocycles. The first-order valence-corrected chi connectivity index (χ1v) is 25.7. The maximum Gasteiger partial charge on any atom is 0.210 e. The Morgan fingerprint density at radius 1 is 0.780 bits per heavy atom. The van der Waals surface area contributed by atoms with E-state index in [1.54, 1.807) is 24.5 Å². The van der Waals surface area contributed by atoms with Gasteiger partial charge in [-0.25, -0.2) is 12.8 Å². The second-order valence-corrected chi connectivity index (χ2v) is 20.3. The van der Waals surface area contributed by atoms with Crippen LogP contribution in [-0.2, 0) is 20.6 Å². The van der Waals surface area contributed by atoms with E-state index in [9.17, 15) is 17.7 Å². The maximum atomic E-state index is 15.5. The van der Waals surface area contributed by atoms with E-state index in [1.165, 1.54) is 76.1 Å². The number of aliphatic hydroxyl groups is 1. The first kappa shape index (κ1) is 45.8. The molecular weight excluding hydrogens is 786 g/mol. The van der Waals surface area contributed by atoms with E-state index in [0.29, 0.717) is 53.3 Å². The van der Waals surface area contributed by atoms with Crippen molar-refractivity contribution in [1.29, 1.82) is 0 Å². The first-order valence-electron chi connectivity index (χ1n) is 22.7. The van der Waals surface area contributed by atoms with Crippen LogP contribution in [0.15, 0.2) is 57.3 Å². The standard InChI is InChI=1S/C46H70FN5O5S2/c1-3-4-5-6-7-8-9-10-11-12-13-14-33-57-44-18-16-40(35-42(44)47)59(55,56)45-36-48-43-17-15-39(58(2)54)34-41(43)46(45)52-25-21-37(22-26-52)50-23-19-38(20-24-50)51-29-27-49(28-30-51)31-32-53/h15-18,34-38,53H,3-14,19-33H2,1-2H3. The largest absolute Gasteiger partial charge is 0.491 e. The summed E-state index contributed by atoms with van der Waals surface area (Å²) in [5.41, 5.74) is 1.18. The molecule has 1 aromatic heterocycles. The Bertz CT molecular complexity index is 1890. The number of β-amino-alcohol motifs (C(OH)–C–C–N with tert-alkyl or cyclic N) is 1. The molecule has 1 unspecified atom stereocenters. The Morgan fingerprint density at radius 2 is 1.37 bits per heavy atom. The second kappa shape index (κ2) is 23.0. The third kappa shape index (κ3) is 12.5. The minimum Gasteiger partial charge on any atom is -0.491 e. The number of halogens is 1. The summed E-state index contributed by atoms with van der Waals surface area (Å²) in [6.07, 6.45) is 21.9. The summed E-state index contributed by atoms with van der Waals surface area (Å²) in [6, 6.07) is 10.3. The molecule has 13 heteroatoms. The molecule has 1 atom stereocenters. The number of anilines is 1. The Balaban J connectivity index is 1.06. The predicted octanol–water partition coefficient (Wildman–Crippen LogP) is 8.07. The van der Waals surface area contributed by atoms with Crippen molar-refractivity contribution in [3.8, 4) is 5.75 Å². The van der Waals surface area contributed by atoms with Gasteiger partial charge in [0.2, 0.25) is 9.84 Å². The summed E-state index contributed by atoms with van der Waals surface area (Å²) in [5, 5.41) is 9.95. The molecule has 0 saturated carbocycles. The van der Waals surface area contributed by atoms with Crippen molar-refractivity contribution in [2.45, 2.75) is 136 Å². The SMILES string of the molecule is CCCCCCCCCCCCCCOc1ccc(S(=O)(=O)c2cnc3ccc(S(C)=O)cc3c2N2CCC(N3CCC(N4CCN(CCO)CC4)CC3)CC2)cc1F. The van der Waals surface area contributed by atoms with Crippen LogP contribution in [-0.4, -0.2) is 128 Å². The average molecular weight is 856 g/mol. The summed E-state index contributed by atoms with van der Waals surface area (Å²) < 4.78 is 62.9. The number of hydrogen-bond acceptors (Lipinski definition) is 10. The number of piperazine rings is 1. The minimum absolute atomic E-state index is 0.0342. The van der Waals surface area contributed by atoms with Gasteiger partial charge in [0.15, 0.2) is 11.6 Å². The molecule has 0 amide bonds. The first-order chi connectivity index (χ1) is 28.7. The summed E-state index contributed by atoms with van der Waals surface area (Å²) in [7, 11) is -5.47. The molecule has 3 saturated heterocycles. The van der Waals surface area contributed by atoms with Crippen molar-refractivity contribution in [3.63, 3.8) is 0 Å². The fourth-order valence-corrected chi connectivity index (χ4v) is 11.4. The quantitative estimate of drug-likeness (QED) is 0.0999. The normalized spacial score (nSPS) is 18.8. The molecule has 328 valence electrons. The molecule has 0 spiro atoms. The molecule has 3 aromatic rings. The predicted molar refractivity (Wildman–Crippen MR) is 237 cm³/mol. The summed E-state index contributed by atoms with van der Waals surface area (Å²) in [4.78, 5) is 14.8. The van der Waals surface area contributed by atoms with Crippen molar-refractivity contribution >= 4 is 37.2 Å². The van der Waals surface area contributed by atoms with Crippen molar-refractivity contribution in [3.05, 3.63) is 48.4 Å². The van der Waals surface area contributed by atoms with Crippen LogP contribution in [0.3, 0.4) is 0 Å². The number of aromatic nitrogens is 1. The van der Waals surface area contributed by atoms with Gasteiger partial charge in [-0.15, -0.1) is 0 Å². The number of pyridine rings is 1. The minimum atomic E-state index is -4.20. The van der Waals surface area contributed by atoms with Gasteiger partial charge in [0.05, 0.1) is 29.3 Å². The molecule has 1 N–H and O–H groups in total. The number of unbranched alkanes of at least 4 members (excludes halogenated alkanes) is 11. The van der Waals surface area contributed by atoms with Gasteiger partial charge in [-0.3, -0.25) is 19.0 Å². The lowest BCUT2D eigenvalue weighted by atomic mass is 9.96. The molecule has 0 bridgehead atoms. The lowest BCUT2D eigenvalue weighted by molar-refractivity contribution is 0.0396. The maximum absolute atomic E-state index is 15.5. The third-order valence-corrected chi connectivity index (χ3v) is 15.7. The Morgan fingerprint density at radius 3 is 1.97 bits per heavy atom. The molecule has 3 fully saturated rings. The lowest BCUT2D eigenvalue weighted by Gasteiger charge is -2.46. The summed E-state index contributed by atoms with van der Waals surface area (Å²) in [6.45, 7) is 11.2. The Hall–Kier alpha value is -2.68. The highest BCUT2D eigenvalue weighted by atomic mass is 32.2. The molecule has 0 aliphatic carbocycles. The van der Waals surface area contributed by atoms with E-state index < -0.39 is 26.5 Å². The third-order valence-electron chi connectivity index (χ3n) is 13.0. The van der Waals surface area contributed by atoms with Gasteiger partial charge in [0, 0.05) is 91.4 Å². The number of sulfone groups is 1. The van der Waals surface area contributed by atoms with Gasteiger partial charge >= 0.3 is 0 Å². The van der Waals surface area contributed by atoms with Crippen LogP contribution < -0.4 is 9.64 Å². The van der Waals surface area contributed by atoms with Gasteiger partial charge in [-0.05, 0) is 81.6 Å². The number of hydrogen-bond donors (Lipinski definition) is 1. The van der Waals surface area contributed by atoms with Crippen molar-refractivity contribution < 1.29 is 26.9 Å². The zero-order valence-electron chi connectivity index (χ0n) is 35.8. The summed E-state index contributed by atoms with van der Waals surface area (Å²) >= 11 is 0. The molecule has 3 aliphatic rings. The van der Waals surface area contributed by atoms with Crippen LogP contribution >= 0.6 is 0 Å². The van der Waals surface area contributed by atoms with Crippen LogP contribution in [0.2, 0.25) is 0 Å². The fraction of sp³-hybridized carbons (Fsp3) is 0.674. The van der Waals surface area contributed by atoms with Crippen molar-refractivity contribution in [1.82, 2.24) is 19.7 Å². The highest BCUT2D eigenvalue weighted by molar-refractivity contribution is 7.91. The smallest absolute Gasteiger partial charge is 0.210 e. The number of rotatable bonds is 22. The van der Waals surface area contributed by atoms with Crippen LogP contribution in [0.1, 0.15) is 110 Å². The van der Waals surface area contributed by atoms with Crippen LogP contribution in [0.25, 0.3) is 10.9 Å². The molecule has 6 rings (SSSR count). The van der Waals surface area contributed by atoms with E-state index >= 15 is 4.39 Å². The molecule has 3 aliphatic heterocycles. The van der Waals surface area contributed by atoms with E-state index in [-0.39, 0.29) is 22.1 Å². The number of likely N-dealkylation sites (tertiary alicyclic amines) is 1. The number of aliphatic hydroxyl groups excluding tert-OH is 1. The number of benzene rings is 2. The number of ether oxygens (including phenoxy) is 1. The second-order valence-electron chi connectivity index (χ2n) is 17.0. The Kier molecular flexibility index (Phi) is 17.8. The number of fused-ring (bicyclic) bond motifs is 1. The zero-order valence-corrected chi connectivity index (χ0v) is 37.4. The highest BCUT2D eigenvalue weighted by Gasteiger charge is 2.34. The Labute approximate surface area is 356 Å². The molecule has 2 aromatic carbocycles. The van der Waals surface area contributed by atoms with E-state index in [1.807, 2.05) is 0 Å². The van der Waals surface area contributed by atoms with Gasteiger partial charge in [0.25, 0.3) is 0 Å². The van der Waals surface area contributed by atoms with E-state index in [4.69, 9.17) is 4.74 Å². The van der Waals surface area contributed by atoms with Crippen molar-refractivity contribution in [2.75, 3.05) is 83.3 Å². The van der Waals surface area contributed by atoms with E-state index in [2.05, 4.69) is 31.5 Å². The lowest BCUT2D eigenvalue weighted by Crippen LogP contribution is -2.55. The van der Waals surface area contributed by atoms with Crippen LogP contribution in [0.4, 0.5) is 10.1 Å². The van der Waals surface area contributed by atoms with E-state index in [0.717, 1.165) is 96.8 Å². The monoisotopic (exact) mass is 855 g/mol. The number of nitrogens with zero attached hydrogens (tertiary/aromatic N) is 5. The molecule has 59 heavy (non-hydrogen) atoms. The topological polar surface area (TPSA) is 107 Å². The highest BCUT2D eigenvalue weighted by Crippen LogP contribution is 2.39. The summed E-state index contributed by atoms with van der Waals surface area (Å²) in [5.74, 6) is -0.636.